The van der Waals surface area contributed by atoms with E-state index in [1.807, 2.05) is 19.9 Å². The number of hydrogen-bond acceptors (Lipinski definition) is 7. The Morgan fingerprint density at radius 3 is 2.74 bits per heavy atom. The molecular weight excluding hydrogens is 422 g/mol. The zero-order chi connectivity index (χ0) is 21.8. The van der Waals surface area contributed by atoms with Gasteiger partial charge in [-0.05, 0) is 48.4 Å². The van der Waals surface area contributed by atoms with Gasteiger partial charge in [0.1, 0.15) is 11.8 Å². The topological polar surface area (TPSA) is 95.7 Å². The van der Waals surface area contributed by atoms with Crippen LogP contribution in [-0.4, -0.2) is 29.4 Å². The molecule has 31 heavy (non-hydrogen) atoms. The molecule has 2 aromatic carbocycles. The summed E-state index contributed by atoms with van der Waals surface area (Å²) in [7, 11) is 0. The summed E-state index contributed by atoms with van der Waals surface area (Å²) in [6, 6.07) is 11.8. The molecule has 0 bridgehead atoms. The van der Waals surface area contributed by atoms with Crippen LogP contribution in [0.4, 0.5) is 0 Å². The fraction of sp³-hybridized carbons (Fsp3) is 0.318. The van der Waals surface area contributed by atoms with Gasteiger partial charge in [-0.2, -0.15) is 4.98 Å². The van der Waals surface area contributed by atoms with Crippen molar-refractivity contribution in [2.45, 2.75) is 26.3 Å². The van der Waals surface area contributed by atoms with Crippen LogP contribution >= 0.6 is 11.6 Å². The molecule has 0 saturated heterocycles. The van der Waals surface area contributed by atoms with Crippen LogP contribution in [0, 0.1) is 5.92 Å². The molecule has 2 atom stereocenters. The first kappa shape index (κ1) is 21.0. The highest BCUT2D eigenvalue weighted by Gasteiger charge is 2.27. The summed E-state index contributed by atoms with van der Waals surface area (Å²) in [6.07, 6.45) is 0.810. The van der Waals surface area contributed by atoms with E-state index in [9.17, 15) is 4.79 Å². The normalized spacial score (nSPS) is 14.2. The van der Waals surface area contributed by atoms with Crippen LogP contribution in [0.1, 0.15) is 32.2 Å². The van der Waals surface area contributed by atoms with Gasteiger partial charge < -0.3 is 24.1 Å². The molecule has 1 N–H and O–H groups in total. The number of fused-ring (bicyclic) bond motifs is 1. The summed E-state index contributed by atoms with van der Waals surface area (Å²) in [5.74, 6) is 2.40. The molecule has 4 rings (SSSR count). The molecule has 0 fully saturated rings. The number of halogens is 1. The Kier molecular flexibility index (Phi) is 6.27. The molecule has 3 aromatic rings. The standard InChI is InChI=1S/C22H22ClN3O5/c1-3-13(2)20(24-19(27)11-28-16-7-5-15(23)6-8-16)22-25-21(26-31-22)14-4-9-17-18(10-14)30-12-29-17/h4-10,13,20H,3,11-12H2,1-2H3,(H,24,27). The lowest BCUT2D eigenvalue weighted by atomic mass is 9.99. The zero-order valence-electron chi connectivity index (χ0n) is 17.1. The Hall–Kier alpha value is -3.26. The fourth-order valence-corrected chi connectivity index (χ4v) is 3.22. The third-order valence-electron chi connectivity index (χ3n) is 5.05. The van der Waals surface area contributed by atoms with Crippen LogP contribution in [0.2, 0.25) is 5.02 Å². The maximum atomic E-state index is 12.5. The van der Waals surface area contributed by atoms with Crippen LogP contribution in [0.25, 0.3) is 11.4 Å². The van der Waals surface area contributed by atoms with Gasteiger partial charge in [0.2, 0.25) is 18.5 Å². The van der Waals surface area contributed by atoms with Crippen molar-refractivity contribution < 1.29 is 23.5 Å². The Morgan fingerprint density at radius 2 is 1.97 bits per heavy atom. The summed E-state index contributed by atoms with van der Waals surface area (Å²) in [4.78, 5) is 17.0. The summed E-state index contributed by atoms with van der Waals surface area (Å²) in [5.41, 5.74) is 0.736. The van der Waals surface area contributed by atoms with E-state index in [1.165, 1.54) is 0 Å². The minimum absolute atomic E-state index is 0.0736. The van der Waals surface area contributed by atoms with Crippen molar-refractivity contribution in [2.24, 2.45) is 5.92 Å². The molecule has 0 spiro atoms. The van der Waals surface area contributed by atoms with Crippen molar-refractivity contribution in [3.63, 3.8) is 0 Å². The van der Waals surface area contributed by atoms with E-state index >= 15 is 0 Å². The molecule has 1 amide bonds. The van der Waals surface area contributed by atoms with Crippen molar-refractivity contribution in [1.82, 2.24) is 15.5 Å². The second-order valence-electron chi connectivity index (χ2n) is 7.20. The molecule has 2 heterocycles. The number of amides is 1. The number of aromatic nitrogens is 2. The van der Waals surface area contributed by atoms with Gasteiger partial charge in [-0.1, -0.05) is 37.0 Å². The summed E-state index contributed by atoms with van der Waals surface area (Å²) in [6.45, 7) is 4.09. The third-order valence-corrected chi connectivity index (χ3v) is 5.30. The number of nitrogens with zero attached hydrogens (tertiary/aromatic N) is 2. The van der Waals surface area contributed by atoms with Crippen molar-refractivity contribution in [3.8, 4) is 28.6 Å². The number of nitrogens with one attached hydrogen (secondary N) is 1. The van der Waals surface area contributed by atoms with Gasteiger partial charge >= 0.3 is 0 Å². The number of carbonyl (C=O) groups is 1. The lowest BCUT2D eigenvalue weighted by Gasteiger charge is -2.20. The molecule has 1 aromatic heterocycles. The molecule has 1 aliphatic heterocycles. The van der Waals surface area contributed by atoms with E-state index in [4.69, 9.17) is 30.3 Å². The van der Waals surface area contributed by atoms with Crippen molar-refractivity contribution in [3.05, 3.63) is 53.4 Å². The van der Waals surface area contributed by atoms with E-state index in [1.54, 1.807) is 36.4 Å². The first-order chi connectivity index (χ1) is 15.0. The zero-order valence-corrected chi connectivity index (χ0v) is 17.9. The van der Waals surface area contributed by atoms with Gasteiger partial charge in [0.25, 0.3) is 5.91 Å². The molecule has 2 unspecified atom stereocenters. The Bertz CT molecular complexity index is 1050. The minimum atomic E-state index is -0.443. The largest absolute Gasteiger partial charge is 0.484 e. The summed E-state index contributed by atoms with van der Waals surface area (Å²) < 4.78 is 21.8. The number of hydrogen-bond donors (Lipinski definition) is 1. The quantitative estimate of drug-likeness (QED) is 0.551. The highest BCUT2D eigenvalue weighted by molar-refractivity contribution is 6.30. The number of ether oxygens (including phenoxy) is 3. The van der Waals surface area contributed by atoms with E-state index in [0.29, 0.717) is 34.0 Å². The summed E-state index contributed by atoms with van der Waals surface area (Å²) >= 11 is 5.86. The molecular formula is C22H22ClN3O5. The maximum absolute atomic E-state index is 12.5. The van der Waals surface area contributed by atoms with E-state index < -0.39 is 6.04 Å². The highest BCUT2D eigenvalue weighted by Crippen LogP contribution is 2.35. The maximum Gasteiger partial charge on any atom is 0.258 e. The average molecular weight is 444 g/mol. The predicted octanol–water partition coefficient (Wildman–Crippen LogP) is 4.40. The predicted molar refractivity (Wildman–Crippen MR) is 113 cm³/mol. The molecule has 0 saturated carbocycles. The Morgan fingerprint density at radius 1 is 1.19 bits per heavy atom. The lowest BCUT2D eigenvalue weighted by molar-refractivity contribution is -0.124. The summed E-state index contributed by atoms with van der Waals surface area (Å²) in [5, 5.41) is 7.62. The average Bonchev–Trinajstić information content (AvgIpc) is 3.45. The van der Waals surface area contributed by atoms with Crippen molar-refractivity contribution in [1.29, 1.82) is 0 Å². The molecule has 1 aliphatic rings. The Labute approximate surface area is 184 Å². The van der Waals surface area contributed by atoms with Gasteiger partial charge in [-0.25, -0.2) is 0 Å². The Balaban J connectivity index is 1.45. The van der Waals surface area contributed by atoms with Crippen LogP contribution in [0.5, 0.6) is 17.2 Å². The fourth-order valence-electron chi connectivity index (χ4n) is 3.09. The van der Waals surface area contributed by atoms with Crippen molar-refractivity contribution >= 4 is 17.5 Å². The SMILES string of the molecule is CCC(C)C(NC(=O)COc1ccc(Cl)cc1)c1nc(-c2ccc3c(c2)OCO3)no1. The highest BCUT2D eigenvalue weighted by atomic mass is 35.5. The molecule has 0 aliphatic carbocycles. The van der Waals surface area contributed by atoms with Gasteiger partial charge in [-0.15, -0.1) is 0 Å². The number of rotatable bonds is 8. The molecule has 9 heteroatoms. The molecule has 0 radical (unpaired) electrons. The van der Waals surface area contributed by atoms with Gasteiger partial charge in [0.15, 0.2) is 18.1 Å². The van der Waals surface area contributed by atoms with Crippen LogP contribution in [0.15, 0.2) is 47.0 Å². The second-order valence-corrected chi connectivity index (χ2v) is 7.63. The van der Waals surface area contributed by atoms with E-state index in [2.05, 4.69) is 15.5 Å². The van der Waals surface area contributed by atoms with Crippen LogP contribution in [-0.2, 0) is 4.79 Å². The van der Waals surface area contributed by atoms with Gasteiger partial charge in [0.05, 0.1) is 0 Å². The van der Waals surface area contributed by atoms with Gasteiger partial charge in [-0.3, -0.25) is 4.79 Å². The van der Waals surface area contributed by atoms with Crippen LogP contribution in [0.3, 0.4) is 0 Å². The monoisotopic (exact) mass is 443 g/mol. The first-order valence-corrected chi connectivity index (χ1v) is 10.3. The van der Waals surface area contributed by atoms with Crippen LogP contribution < -0.4 is 19.5 Å². The van der Waals surface area contributed by atoms with E-state index in [0.717, 1.165) is 12.0 Å². The minimum Gasteiger partial charge on any atom is -0.484 e. The first-order valence-electron chi connectivity index (χ1n) is 9.95. The molecule has 8 nitrogen and oxygen atoms in total. The number of carbonyl (C=O) groups excluding carboxylic acids is 1. The smallest absolute Gasteiger partial charge is 0.258 e. The third kappa shape index (κ3) is 4.91. The van der Waals surface area contributed by atoms with E-state index in [-0.39, 0.29) is 25.2 Å². The van der Waals surface area contributed by atoms with Gasteiger partial charge in [0, 0.05) is 10.6 Å². The second kappa shape index (κ2) is 9.26. The van der Waals surface area contributed by atoms with Crippen molar-refractivity contribution in [2.75, 3.05) is 13.4 Å². The number of benzene rings is 2. The molecule has 162 valence electrons. The lowest BCUT2D eigenvalue weighted by Crippen LogP contribution is -2.36.